The predicted molar refractivity (Wildman–Crippen MR) is 73.0 cm³/mol. The van der Waals surface area contributed by atoms with Crippen molar-refractivity contribution in [2.75, 3.05) is 0 Å². The number of carbonyl (C=O) groups is 1. The van der Waals surface area contributed by atoms with Crippen LogP contribution in [-0.4, -0.2) is 15.6 Å². The van der Waals surface area contributed by atoms with Crippen LogP contribution in [0.1, 0.15) is 44.7 Å². The molecule has 1 N–H and O–H groups in total. The van der Waals surface area contributed by atoms with Gasteiger partial charge in [0, 0.05) is 17.8 Å². The van der Waals surface area contributed by atoms with Gasteiger partial charge in [0.2, 0.25) is 0 Å². The zero-order valence-electron chi connectivity index (χ0n) is 11.1. The van der Waals surface area contributed by atoms with Crippen molar-refractivity contribution in [2.24, 2.45) is 0 Å². The van der Waals surface area contributed by atoms with Gasteiger partial charge < -0.3 is 9.67 Å². The van der Waals surface area contributed by atoms with Crippen molar-refractivity contribution in [3.05, 3.63) is 36.0 Å². The minimum atomic E-state index is -0.748. The molecule has 18 heavy (non-hydrogen) atoms. The molecule has 0 aliphatic heterocycles. The molecule has 0 aliphatic rings. The number of rotatable bonds is 4. The van der Waals surface area contributed by atoms with Gasteiger partial charge in [0.25, 0.3) is 0 Å². The van der Waals surface area contributed by atoms with E-state index >= 15 is 0 Å². The Morgan fingerprint density at radius 2 is 2.00 bits per heavy atom. The summed E-state index contributed by atoms with van der Waals surface area (Å²) in [6, 6.07) is 8.75. The molecule has 1 heterocycles. The monoisotopic (exact) mass is 245 g/mol. The number of aliphatic carboxylic acids is 1. The number of carboxylic acid groups (broad SMARTS) is 1. The molecule has 0 spiro atoms. The third kappa shape index (κ3) is 2.40. The van der Waals surface area contributed by atoms with E-state index in [0.29, 0.717) is 6.04 Å². The van der Waals surface area contributed by atoms with Gasteiger partial charge in [-0.2, -0.15) is 0 Å². The van der Waals surface area contributed by atoms with Crippen LogP contribution in [0.15, 0.2) is 30.5 Å². The van der Waals surface area contributed by atoms with E-state index in [1.807, 2.05) is 13.0 Å². The molecule has 1 aromatic heterocycles. The second kappa shape index (κ2) is 4.84. The Morgan fingerprint density at radius 3 is 2.61 bits per heavy atom. The lowest BCUT2D eigenvalue weighted by Crippen LogP contribution is -2.03. The average Bonchev–Trinajstić information content (AvgIpc) is 2.70. The van der Waals surface area contributed by atoms with Gasteiger partial charge >= 0.3 is 5.97 Å². The first kappa shape index (κ1) is 12.7. The van der Waals surface area contributed by atoms with Crippen molar-refractivity contribution in [1.29, 1.82) is 0 Å². The molecule has 0 radical (unpaired) electrons. The minimum Gasteiger partial charge on any atom is -0.481 e. The van der Waals surface area contributed by atoms with Crippen LogP contribution in [0.25, 0.3) is 10.9 Å². The second-order valence-corrected chi connectivity index (χ2v) is 5.13. The zero-order chi connectivity index (χ0) is 13.3. The van der Waals surface area contributed by atoms with Crippen LogP contribution in [0.4, 0.5) is 0 Å². The molecule has 3 nitrogen and oxygen atoms in total. The Morgan fingerprint density at radius 1 is 1.28 bits per heavy atom. The SMILES string of the molecule is CC(CC(=O)O)c1ccc2c(ccn2C(C)C)c1. The Labute approximate surface area is 107 Å². The molecular weight excluding hydrogens is 226 g/mol. The van der Waals surface area contributed by atoms with Gasteiger partial charge in [0.1, 0.15) is 0 Å². The quantitative estimate of drug-likeness (QED) is 0.890. The first-order valence-electron chi connectivity index (χ1n) is 6.31. The van der Waals surface area contributed by atoms with Crippen molar-refractivity contribution in [3.8, 4) is 0 Å². The van der Waals surface area contributed by atoms with Gasteiger partial charge in [-0.3, -0.25) is 4.79 Å². The summed E-state index contributed by atoms with van der Waals surface area (Å²) in [6.45, 7) is 6.26. The van der Waals surface area contributed by atoms with Crippen molar-refractivity contribution < 1.29 is 9.90 Å². The van der Waals surface area contributed by atoms with Gasteiger partial charge in [-0.05, 0) is 48.9 Å². The Kier molecular flexibility index (Phi) is 3.41. The molecule has 0 saturated carbocycles. The summed E-state index contributed by atoms with van der Waals surface area (Å²) in [5.41, 5.74) is 2.29. The Hall–Kier alpha value is -1.77. The van der Waals surface area contributed by atoms with Crippen LogP contribution in [0, 0.1) is 0 Å². The molecule has 1 aromatic carbocycles. The maximum atomic E-state index is 10.7. The van der Waals surface area contributed by atoms with Crippen LogP contribution in [0.2, 0.25) is 0 Å². The molecule has 0 aliphatic carbocycles. The highest BCUT2D eigenvalue weighted by Crippen LogP contribution is 2.26. The lowest BCUT2D eigenvalue weighted by molar-refractivity contribution is -0.137. The highest BCUT2D eigenvalue weighted by atomic mass is 16.4. The molecule has 0 bridgehead atoms. The molecule has 1 unspecified atom stereocenters. The third-order valence-corrected chi connectivity index (χ3v) is 3.35. The maximum Gasteiger partial charge on any atom is 0.303 e. The second-order valence-electron chi connectivity index (χ2n) is 5.13. The van der Waals surface area contributed by atoms with Crippen LogP contribution < -0.4 is 0 Å². The molecule has 0 saturated heterocycles. The Balaban J connectivity index is 2.37. The number of benzene rings is 1. The summed E-state index contributed by atoms with van der Waals surface area (Å²) < 4.78 is 2.22. The molecule has 0 fully saturated rings. The van der Waals surface area contributed by atoms with E-state index in [4.69, 9.17) is 5.11 Å². The van der Waals surface area contributed by atoms with Crippen LogP contribution in [-0.2, 0) is 4.79 Å². The molecule has 2 aromatic rings. The largest absolute Gasteiger partial charge is 0.481 e. The van der Waals surface area contributed by atoms with E-state index in [2.05, 4.69) is 42.8 Å². The van der Waals surface area contributed by atoms with E-state index in [1.165, 1.54) is 10.9 Å². The molecule has 1 atom stereocenters. The van der Waals surface area contributed by atoms with Gasteiger partial charge in [-0.15, -0.1) is 0 Å². The van der Waals surface area contributed by atoms with Crippen LogP contribution >= 0.6 is 0 Å². The average molecular weight is 245 g/mol. The van der Waals surface area contributed by atoms with Crippen LogP contribution in [0.3, 0.4) is 0 Å². The predicted octanol–water partition coefficient (Wildman–Crippen LogP) is 3.80. The lowest BCUT2D eigenvalue weighted by atomic mass is 9.97. The number of aromatic nitrogens is 1. The Bertz CT molecular complexity index is 569. The van der Waals surface area contributed by atoms with E-state index < -0.39 is 5.97 Å². The number of fused-ring (bicyclic) bond motifs is 1. The van der Waals surface area contributed by atoms with E-state index in [9.17, 15) is 4.79 Å². The summed E-state index contributed by atoms with van der Waals surface area (Å²) in [5, 5.41) is 10.0. The van der Waals surface area contributed by atoms with Crippen molar-refractivity contribution in [2.45, 2.75) is 39.2 Å². The van der Waals surface area contributed by atoms with Crippen molar-refractivity contribution in [1.82, 2.24) is 4.57 Å². The normalized spacial score (nSPS) is 13.1. The van der Waals surface area contributed by atoms with Gasteiger partial charge in [-0.25, -0.2) is 0 Å². The number of nitrogens with zero attached hydrogens (tertiary/aromatic N) is 1. The van der Waals surface area contributed by atoms with E-state index in [-0.39, 0.29) is 12.3 Å². The number of carboxylic acids is 1. The lowest BCUT2D eigenvalue weighted by Gasteiger charge is -2.12. The summed E-state index contributed by atoms with van der Waals surface area (Å²) in [6.07, 6.45) is 2.26. The van der Waals surface area contributed by atoms with Crippen LogP contribution in [0.5, 0.6) is 0 Å². The smallest absolute Gasteiger partial charge is 0.303 e. The number of hydrogen-bond donors (Lipinski definition) is 1. The molecule has 2 rings (SSSR count). The van der Waals surface area contributed by atoms with Crippen molar-refractivity contribution in [3.63, 3.8) is 0 Å². The van der Waals surface area contributed by atoms with Gasteiger partial charge in [0.15, 0.2) is 0 Å². The summed E-state index contributed by atoms with van der Waals surface area (Å²) >= 11 is 0. The van der Waals surface area contributed by atoms with E-state index in [0.717, 1.165) is 5.56 Å². The fourth-order valence-electron chi connectivity index (χ4n) is 2.32. The first-order valence-corrected chi connectivity index (χ1v) is 6.31. The highest BCUT2D eigenvalue weighted by Gasteiger charge is 2.12. The summed E-state index contributed by atoms with van der Waals surface area (Å²) in [5.74, 6) is -0.698. The first-order chi connectivity index (χ1) is 8.49. The third-order valence-electron chi connectivity index (χ3n) is 3.35. The fraction of sp³-hybridized carbons (Fsp3) is 0.400. The van der Waals surface area contributed by atoms with E-state index in [1.54, 1.807) is 0 Å². The summed E-state index contributed by atoms with van der Waals surface area (Å²) in [7, 11) is 0. The van der Waals surface area contributed by atoms with Gasteiger partial charge in [0.05, 0.1) is 6.42 Å². The molecular formula is C15H19NO2. The standard InChI is InChI=1S/C15H19NO2/c1-10(2)16-7-6-13-9-12(4-5-14(13)16)11(3)8-15(17)18/h4-7,9-11H,8H2,1-3H3,(H,17,18). The minimum absolute atomic E-state index is 0.0503. The van der Waals surface area contributed by atoms with Gasteiger partial charge in [-0.1, -0.05) is 13.0 Å². The fourth-order valence-corrected chi connectivity index (χ4v) is 2.32. The van der Waals surface area contributed by atoms with Crippen molar-refractivity contribution >= 4 is 16.9 Å². The highest BCUT2D eigenvalue weighted by molar-refractivity contribution is 5.81. The molecule has 96 valence electrons. The maximum absolute atomic E-state index is 10.7. The number of hydrogen-bond acceptors (Lipinski definition) is 1. The zero-order valence-corrected chi connectivity index (χ0v) is 11.1. The topological polar surface area (TPSA) is 42.2 Å². The summed E-state index contributed by atoms with van der Waals surface area (Å²) in [4.78, 5) is 10.7. The molecule has 3 heteroatoms. The molecule has 0 amide bonds.